The van der Waals surface area contributed by atoms with E-state index in [1.165, 1.54) is 32.4 Å². The second-order valence-electron chi connectivity index (χ2n) is 3.80. The van der Waals surface area contributed by atoms with Gasteiger partial charge >= 0.3 is 5.97 Å². The zero-order valence-corrected chi connectivity index (χ0v) is 12.3. The molecular weight excluding hydrogens is 302 g/mol. The average molecular weight is 316 g/mol. The minimum Gasteiger partial charge on any atom is -0.490 e. The van der Waals surface area contributed by atoms with Crippen LogP contribution in [0.25, 0.3) is 6.08 Å². The first-order chi connectivity index (χ1) is 9.99. The zero-order chi connectivity index (χ0) is 15.8. The molecule has 0 N–H and O–H groups in total. The number of nitro benzene ring substituents is 1. The molecule has 0 unspecified atom stereocenters. The quantitative estimate of drug-likeness (QED) is 0.252. The fraction of sp³-hybridized carbons (Fsp3) is 0.308. The molecule has 21 heavy (non-hydrogen) atoms. The minimum absolute atomic E-state index is 0.105. The van der Waals surface area contributed by atoms with Crippen LogP contribution in [0.5, 0.6) is 5.75 Å². The molecule has 1 rings (SSSR count). The van der Waals surface area contributed by atoms with Gasteiger partial charge in [-0.15, -0.1) is 0 Å². The Morgan fingerprint density at radius 1 is 1.38 bits per heavy atom. The van der Waals surface area contributed by atoms with Crippen molar-refractivity contribution < 1.29 is 23.9 Å². The van der Waals surface area contributed by atoms with Crippen molar-refractivity contribution >= 4 is 29.3 Å². The van der Waals surface area contributed by atoms with Crippen LogP contribution >= 0.6 is 11.6 Å². The van der Waals surface area contributed by atoms with Crippen LogP contribution in [0.2, 0.25) is 5.02 Å². The molecule has 0 saturated heterocycles. The maximum atomic E-state index is 11.1. The molecule has 0 aromatic heterocycles. The van der Waals surface area contributed by atoms with Gasteiger partial charge in [-0.2, -0.15) is 0 Å². The standard InChI is InChI=1S/C13H14ClNO6/c1-19-5-6-21-12-7-9(3-4-13(16)20-2)11(15(17)18)8-10(12)14/h3-4,7-8H,5-6H2,1-2H3. The maximum Gasteiger partial charge on any atom is 0.330 e. The number of halogens is 1. The zero-order valence-electron chi connectivity index (χ0n) is 11.5. The summed E-state index contributed by atoms with van der Waals surface area (Å²) in [5.74, 6) is -0.357. The van der Waals surface area contributed by atoms with Gasteiger partial charge in [-0.3, -0.25) is 10.1 Å². The number of methoxy groups -OCH3 is 2. The fourth-order valence-corrected chi connectivity index (χ4v) is 1.63. The van der Waals surface area contributed by atoms with E-state index >= 15 is 0 Å². The Balaban J connectivity index is 3.11. The van der Waals surface area contributed by atoms with Crippen molar-refractivity contribution in [2.24, 2.45) is 0 Å². The van der Waals surface area contributed by atoms with Crippen molar-refractivity contribution in [2.45, 2.75) is 0 Å². The first kappa shape index (κ1) is 16.9. The molecule has 0 radical (unpaired) electrons. The summed E-state index contributed by atoms with van der Waals surface area (Å²) >= 11 is 5.93. The van der Waals surface area contributed by atoms with Crippen molar-refractivity contribution in [1.82, 2.24) is 0 Å². The molecule has 0 fully saturated rings. The van der Waals surface area contributed by atoms with E-state index in [2.05, 4.69) is 4.74 Å². The molecule has 0 saturated carbocycles. The lowest BCUT2D eigenvalue weighted by Gasteiger charge is -2.09. The molecule has 0 bridgehead atoms. The highest BCUT2D eigenvalue weighted by molar-refractivity contribution is 6.32. The van der Waals surface area contributed by atoms with Crippen LogP contribution in [0.4, 0.5) is 5.69 Å². The van der Waals surface area contributed by atoms with Gasteiger partial charge in [0.2, 0.25) is 0 Å². The third kappa shape index (κ3) is 5.05. The monoisotopic (exact) mass is 315 g/mol. The first-order valence-corrected chi connectivity index (χ1v) is 6.23. The topological polar surface area (TPSA) is 87.9 Å². The summed E-state index contributed by atoms with van der Waals surface area (Å²) in [6.07, 6.45) is 2.35. The van der Waals surface area contributed by atoms with Gasteiger partial charge in [-0.1, -0.05) is 11.6 Å². The Morgan fingerprint density at radius 3 is 2.67 bits per heavy atom. The Hall–Kier alpha value is -2.12. The second kappa shape index (κ2) is 8.23. The highest BCUT2D eigenvalue weighted by Crippen LogP contribution is 2.33. The van der Waals surface area contributed by atoms with E-state index in [0.717, 1.165) is 6.08 Å². The molecular formula is C13H14ClNO6. The van der Waals surface area contributed by atoms with Crippen molar-refractivity contribution in [3.05, 3.63) is 38.9 Å². The van der Waals surface area contributed by atoms with Crippen LogP contribution in [-0.4, -0.2) is 38.3 Å². The van der Waals surface area contributed by atoms with Gasteiger partial charge in [0.25, 0.3) is 5.69 Å². The van der Waals surface area contributed by atoms with E-state index in [1.54, 1.807) is 0 Å². The first-order valence-electron chi connectivity index (χ1n) is 5.85. The summed E-state index contributed by atoms with van der Waals surface area (Å²) in [4.78, 5) is 21.5. The number of benzene rings is 1. The van der Waals surface area contributed by atoms with Crippen LogP contribution in [-0.2, 0) is 14.3 Å². The molecule has 1 aromatic carbocycles. The molecule has 8 heteroatoms. The summed E-state index contributed by atoms with van der Waals surface area (Å²) in [6, 6.07) is 2.55. The van der Waals surface area contributed by atoms with Gasteiger partial charge in [0.1, 0.15) is 12.4 Å². The Morgan fingerprint density at radius 2 is 2.10 bits per heavy atom. The number of ether oxygens (including phenoxy) is 3. The lowest BCUT2D eigenvalue weighted by Crippen LogP contribution is -2.05. The van der Waals surface area contributed by atoms with Gasteiger partial charge < -0.3 is 14.2 Å². The molecule has 7 nitrogen and oxygen atoms in total. The SMILES string of the molecule is COCCOc1cc(C=CC(=O)OC)c([N+](=O)[O-])cc1Cl. The Labute approximate surface area is 126 Å². The number of hydrogen-bond donors (Lipinski definition) is 0. The number of carbonyl (C=O) groups excluding carboxylic acids is 1. The van der Waals surface area contributed by atoms with Crippen molar-refractivity contribution in [1.29, 1.82) is 0 Å². The summed E-state index contributed by atoms with van der Waals surface area (Å²) in [5.41, 5.74) is -0.0542. The smallest absolute Gasteiger partial charge is 0.330 e. The lowest BCUT2D eigenvalue weighted by atomic mass is 10.1. The van der Waals surface area contributed by atoms with E-state index in [1.807, 2.05) is 0 Å². The van der Waals surface area contributed by atoms with E-state index < -0.39 is 10.9 Å². The van der Waals surface area contributed by atoms with Gasteiger partial charge in [0, 0.05) is 19.3 Å². The molecule has 0 amide bonds. The normalized spacial score (nSPS) is 10.6. The average Bonchev–Trinajstić information content (AvgIpc) is 2.46. The minimum atomic E-state index is -0.624. The third-order valence-corrected chi connectivity index (χ3v) is 2.72. The number of nitrogens with zero attached hydrogens (tertiary/aromatic N) is 1. The van der Waals surface area contributed by atoms with E-state index in [9.17, 15) is 14.9 Å². The Bertz CT molecular complexity index is 558. The van der Waals surface area contributed by atoms with E-state index in [-0.39, 0.29) is 28.6 Å². The molecule has 114 valence electrons. The van der Waals surface area contributed by atoms with Crippen LogP contribution < -0.4 is 4.74 Å². The third-order valence-electron chi connectivity index (χ3n) is 2.42. The van der Waals surface area contributed by atoms with Gasteiger partial charge in [-0.05, 0) is 12.1 Å². The highest BCUT2D eigenvalue weighted by atomic mass is 35.5. The largest absolute Gasteiger partial charge is 0.490 e. The fourth-order valence-electron chi connectivity index (χ4n) is 1.42. The number of nitro groups is 1. The molecule has 0 aliphatic carbocycles. The highest BCUT2D eigenvalue weighted by Gasteiger charge is 2.17. The summed E-state index contributed by atoms with van der Waals surface area (Å²) < 4.78 is 14.6. The second-order valence-corrected chi connectivity index (χ2v) is 4.20. The predicted octanol–water partition coefficient (Wildman–Crippen LogP) is 2.46. The molecule has 0 atom stereocenters. The van der Waals surface area contributed by atoms with Crippen molar-refractivity contribution in [2.75, 3.05) is 27.4 Å². The van der Waals surface area contributed by atoms with Crippen LogP contribution in [0, 0.1) is 10.1 Å². The molecule has 0 aliphatic rings. The summed E-state index contributed by atoms with van der Waals surface area (Å²) in [6.45, 7) is 0.592. The van der Waals surface area contributed by atoms with Crippen molar-refractivity contribution in [3.63, 3.8) is 0 Å². The van der Waals surface area contributed by atoms with Gasteiger partial charge in [0.15, 0.2) is 0 Å². The lowest BCUT2D eigenvalue weighted by molar-refractivity contribution is -0.385. The van der Waals surface area contributed by atoms with E-state index in [4.69, 9.17) is 21.1 Å². The molecule has 0 aliphatic heterocycles. The van der Waals surface area contributed by atoms with Crippen LogP contribution in [0.15, 0.2) is 18.2 Å². The summed E-state index contributed by atoms with van der Waals surface area (Å²) in [5, 5.41) is 11.1. The van der Waals surface area contributed by atoms with Gasteiger partial charge in [0.05, 0.1) is 29.2 Å². The Kier molecular flexibility index (Phi) is 6.64. The number of hydrogen-bond acceptors (Lipinski definition) is 6. The summed E-state index contributed by atoms with van der Waals surface area (Å²) in [7, 11) is 2.73. The molecule has 1 aromatic rings. The van der Waals surface area contributed by atoms with Crippen LogP contribution in [0.3, 0.4) is 0 Å². The molecule has 0 spiro atoms. The predicted molar refractivity (Wildman–Crippen MR) is 76.5 cm³/mol. The number of carbonyl (C=O) groups is 1. The van der Waals surface area contributed by atoms with Crippen LogP contribution in [0.1, 0.15) is 5.56 Å². The van der Waals surface area contributed by atoms with Crippen molar-refractivity contribution in [3.8, 4) is 5.75 Å². The maximum absolute atomic E-state index is 11.1. The number of esters is 1. The van der Waals surface area contributed by atoms with E-state index in [0.29, 0.717) is 6.61 Å². The van der Waals surface area contributed by atoms with Gasteiger partial charge in [-0.25, -0.2) is 4.79 Å². The molecule has 0 heterocycles. The number of rotatable bonds is 7.